The smallest absolute Gasteiger partial charge is 0.475 e. The van der Waals surface area contributed by atoms with Crippen LogP contribution in [0.25, 0.3) is 0 Å². The van der Waals surface area contributed by atoms with Crippen LogP contribution in [0.5, 0.6) is 0 Å². The molecule has 24 heavy (non-hydrogen) atoms. The van der Waals surface area contributed by atoms with Gasteiger partial charge in [-0.2, -0.15) is 0 Å². The van der Waals surface area contributed by atoms with Gasteiger partial charge < -0.3 is 19.3 Å². The van der Waals surface area contributed by atoms with Crippen molar-refractivity contribution >= 4 is 13.8 Å². The zero-order valence-corrected chi connectivity index (χ0v) is 15.2. The Morgan fingerprint density at radius 2 is 1.67 bits per heavy atom. The summed E-state index contributed by atoms with van der Waals surface area (Å²) in [5, 5.41) is 9.61. The standard InChI is InChI=1S/C14H25O9P/c1-5-18-12-11(22-14(16)13(12)19-6-2)10(9-15)23-24(17,20-7-3)21-8-4/h10-11,15H,5-9H2,1-4H3/t10-,11+/m0/s1. The van der Waals surface area contributed by atoms with E-state index in [1.54, 1.807) is 27.7 Å². The molecule has 2 atom stereocenters. The molecule has 10 heteroatoms. The zero-order valence-electron chi connectivity index (χ0n) is 14.4. The van der Waals surface area contributed by atoms with Crippen molar-refractivity contribution in [3.8, 4) is 0 Å². The van der Waals surface area contributed by atoms with E-state index in [1.807, 2.05) is 0 Å². The first-order valence-corrected chi connectivity index (χ1v) is 9.31. The number of esters is 1. The first-order valence-electron chi connectivity index (χ1n) is 7.85. The summed E-state index contributed by atoms with van der Waals surface area (Å²) in [5.41, 5.74) is 0. The highest BCUT2D eigenvalue weighted by atomic mass is 31.2. The molecular formula is C14H25O9P. The Hall–Kier alpha value is -1.12. The molecule has 0 amide bonds. The van der Waals surface area contributed by atoms with Gasteiger partial charge in [-0.05, 0) is 27.7 Å². The fourth-order valence-corrected chi connectivity index (χ4v) is 3.38. The molecule has 0 saturated carbocycles. The molecule has 0 radical (unpaired) electrons. The van der Waals surface area contributed by atoms with Crippen LogP contribution in [0.3, 0.4) is 0 Å². The van der Waals surface area contributed by atoms with E-state index in [-0.39, 0.29) is 37.9 Å². The average molecular weight is 368 g/mol. The molecule has 0 bridgehead atoms. The Balaban J connectivity index is 3.05. The highest BCUT2D eigenvalue weighted by Crippen LogP contribution is 2.51. The summed E-state index contributed by atoms with van der Waals surface area (Å²) < 4.78 is 43.7. The Morgan fingerprint density at radius 1 is 1.08 bits per heavy atom. The Labute approximate surface area is 141 Å². The number of phosphoric ester groups is 1. The molecule has 140 valence electrons. The first-order chi connectivity index (χ1) is 11.5. The van der Waals surface area contributed by atoms with Crippen LogP contribution in [0.15, 0.2) is 11.5 Å². The maximum absolute atomic E-state index is 12.5. The molecule has 1 rings (SSSR count). The molecule has 1 N–H and O–H groups in total. The van der Waals surface area contributed by atoms with E-state index in [4.69, 9.17) is 27.8 Å². The molecule has 9 nitrogen and oxygen atoms in total. The van der Waals surface area contributed by atoms with Crippen molar-refractivity contribution in [3.05, 3.63) is 11.5 Å². The molecule has 0 fully saturated rings. The van der Waals surface area contributed by atoms with Gasteiger partial charge in [0.15, 0.2) is 11.9 Å². The number of rotatable bonds is 12. The Morgan fingerprint density at radius 3 is 2.12 bits per heavy atom. The van der Waals surface area contributed by atoms with Gasteiger partial charge in [-0.1, -0.05) is 0 Å². The Kier molecular flexibility index (Phi) is 8.72. The maximum Gasteiger partial charge on any atom is 0.475 e. The van der Waals surface area contributed by atoms with Crippen LogP contribution in [0.2, 0.25) is 0 Å². The van der Waals surface area contributed by atoms with Crippen LogP contribution in [0, 0.1) is 0 Å². The van der Waals surface area contributed by atoms with Crippen LogP contribution in [-0.4, -0.2) is 56.3 Å². The summed E-state index contributed by atoms with van der Waals surface area (Å²) >= 11 is 0. The summed E-state index contributed by atoms with van der Waals surface area (Å²) in [6.07, 6.45) is -2.31. The van der Waals surface area contributed by atoms with Crippen LogP contribution in [0.1, 0.15) is 27.7 Å². The molecule has 0 aliphatic carbocycles. The second-order valence-electron chi connectivity index (χ2n) is 4.49. The van der Waals surface area contributed by atoms with Crippen molar-refractivity contribution in [1.29, 1.82) is 0 Å². The third kappa shape index (κ3) is 5.19. The number of phosphoric acid groups is 1. The number of ether oxygens (including phenoxy) is 3. The Bertz CT molecular complexity index is 481. The van der Waals surface area contributed by atoms with E-state index in [2.05, 4.69) is 0 Å². The molecule has 0 aromatic carbocycles. The molecule has 0 saturated heterocycles. The second kappa shape index (κ2) is 10.0. The van der Waals surface area contributed by atoms with Gasteiger partial charge in [0.25, 0.3) is 0 Å². The number of aliphatic hydroxyl groups excluding tert-OH is 1. The minimum absolute atomic E-state index is 0.0816. The third-order valence-electron chi connectivity index (χ3n) is 2.85. The molecular weight excluding hydrogens is 343 g/mol. The lowest BCUT2D eigenvalue weighted by molar-refractivity contribution is -0.148. The number of hydrogen-bond donors (Lipinski definition) is 1. The molecule has 1 aliphatic rings. The third-order valence-corrected chi connectivity index (χ3v) is 4.52. The predicted molar refractivity (Wildman–Crippen MR) is 83.0 cm³/mol. The monoisotopic (exact) mass is 368 g/mol. The minimum Gasteiger partial charge on any atom is -0.490 e. The average Bonchev–Trinajstić information content (AvgIpc) is 2.83. The summed E-state index contributed by atoms with van der Waals surface area (Å²) in [6, 6.07) is 0. The normalized spacial score (nSPS) is 19.4. The van der Waals surface area contributed by atoms with Gasteiger partial charge in [-0.3, -0.25) is 13.6 Å². The topological polar surface area (TPSA) is 110 Å². The first kappa shape index (κ1) is 20.9. The van der Waals surface area contributed by atoms with Crippen LogP contribution >= 0.6 is 7.82 Å². The highest BCUT2D eigenvalue weighted by molar-refractivity contribution is 7.48. The summed E-state index contributed by atoms with van der Waals surface area (Å²) in [7, 11) is -3.92. The van der Waals surface area contributed by atoms with E-state index < -0.39 is 32.6 Å². The lowest BCUT2D eigenvalue weighted by atomic mass is 10.2. The van der Waals surface area contributed by atoms with Gasteiger partial charge in [-0.15, -0.1) is 0 Å². The van der Waals surface area contributed by atoms with Crippen molar-refractivity contribution in [2.45, 2.75) is 39.9 Å². The number of carbonyl (C=O) groups is 1. The van der Waals surface area contributed by atoms with E-state index >= 15 is 0 Å². The lowest BCUT2D eigenvalue weighted by Gasteiger charge is -2.26. The van der Waals surface area contributed by atoms with Gasteiger partial charge in [0.2, 0.25) is 5.76 Å². The predicted octanol–water partition coefficient (Wildman–Crippen LogP) is 1.75. The van der Waals surface area contributed by atoms with Crippen molar-refractivity contribution in [2.75, 3.05) is 33.0 Å². The van der Waals surface area contributed by atoms with Crippen LogP contribution < -0.4 is 0 Å². The molecule has 0 unspecified atom stereocenters. The van der Waals surface area contributed by atoms with Crippen molar-refractivity contribution in [2.24, 2.45) is 0 Å². The minimum atomic E-state index is -3.92. The van der Waals surface area contributed by atoms with Crippen molar-refractivity contribution < 1.29 is 42.2 Å². The summed E-state index contributed by atoms with van der Waals surface area (Å²) in [6.45, 7) is 6.70. The maximum atomic E-state index is 12.5. The van der Waals surface area contributed by atoms with E-state index in [1.165, 1.54) is 0 Å². The quantitative estimate of drug-likeness (QED) is 0.407. The van der Waals surface area contributed by atoms with Gasteiger partial charge >= 0.3 is 13.8 Å². The molecule has 1 heterocycles. The van der Waals surface area contributed by atoms with E-state index in [0.29, 0.717) is 0 Å². The van der Waals surface area contributed by atoms with Crippen LogP contribution in [0.4, 0.5) is 0 Å². The molecule has 0 aromatic rings. The van der Waals surface area contributed by atoms with Gasteiger partial charge in [0, 0.05) is 0 Å². The summed E-state index contributed by atoms with van der Waals surface area (Å²) in [5.74, 6) is -0.744. The van der Waals surface area contributed by atoms with E-state index in [9.17, 15) is 14.5 Å². The van der Waals surface area contributed by atoms with Crippen LogP contribution in [-0.2, 0) is 37.1 Å². The van der Waals surface area contributed by atoms with Gasteiger partial charge in [0.1, 0.15) is 6.10 Å². The number of carbonyl (C=O) groups excluding carboxylic acids is 1. The molecule has 0 spiro atoms. The largest absolute Gasteiger partial charge is 0.490 e. The second-order valence-corrected chi connectivity index (χ2v) is 6.12. The number of aliphatic hydroxyl groups is 1. The van der Waals surface area contributed by atoms with Crippen molar-refractivity contribution in [1.82, 2.24) is 0 Å². The summed E-state index contributed by atoms with van der Waals surface area (Å²) in [4.78, 5) is 11.9. The van der Waals surface area contributed by atoms with Gasteiger partial charge in [0.05, 0.1) is 33.0 Å². The SMILES string of the molecule is CCOC1=C(OCC)[C@@H]([C@H](CO)OP(=O)(OCC)OCC)OC1=O. The number of hydrogen-bond acceptors (Lipinski definition) is 9. The molecule has 0 aromatic heterocycles. The lowest BCUT2D eigenvalue weighted by Crippen LogP contribution is -2.35. The van der Waals surface area contributed by atoms with E-state index in [0.717, 1.165) is 0 Å². The molecule has 1 aliphatic heterocycles. The van der Waals surface area contributed by atoms with Crippen molar-refractivity contribution in [3.63, 3.8) is 0 Å². The highest BCUT2D eigenvalue weighted by Gasteiger charge is 2.45. The zero-order chi connectivity index (χ0) is 18.2. The fraction of sp³-hybridized carbons (Fsp3) is 0.786. The number of cyclic esters (lactones) is 1. The fourth-order valence-electron chi connectivity index (χ4n) is 2.04. The van der Waals surface area contributed by atoms with Gasteiger partial charge in [-0.25, -0.2) is 9.36 Å².